The maximum absolute atomic E-state index is 12.3. The molecule has 0 aromatic carbocycles. The van der Waals surface area contributed by atoms with Crippen LogP contribution in [0.4, 0.5) is 4.79 Å². The molecule has 1 saturated heterocycles. The summed E-state index contributed by atoms with van der Waals surface area (Å²) < 4.78 is 10.6. The van der Waals surface area contributed by atoms with Gasteiger partial charge in [0.1, 0.15) is 5.60 Å². The quantitative estimate of drug-likeness (QED) is 0.578. The van der Waals surface area contributed by atoms with Crippen molar-refractivity contribution in [1.29, 1.82) is 0 Å². The van der Waals surface area contributed by atoms with Gasteiger partial charge in [0.15, 0.2) is 0 Å². The minimum absolute atomic E-state index is 0.170. The average Bonchev–Trinajstić information content (AvgIpc) is 2.83. The van der Waals surface area contributed by atoms with Crippen LogP contribution in [0.15, 0.2) is 12.7 Å². The van der Waals surface area contributed by atoms with Gasteiger partial charge in [-0.1, -0.05) is 6.08 Å². The molecule has 1 rings (SSSR count). The van der Waals surface area contributed by atoms with Crippen molar-refractivity contribution in [3.8, 4) is 0 Å². The summed E-state index contributed by atoms with van der Waals surface area (Å²) in [5, 5.41) is 0. The van der Waals surface area contributed by atoms with Crippen molar-refractivity contribution in [1.82, 2.24) is 4.90 Å². The van der Waals surface area contributed by atoms with Gasteiger partial charge in [-0.15, -0.1) is 6.58 Å². The second kappa shape index (κ2) is 7.48. The SMILES string of the molecule is C=CC[C@H](C(=O)OCC)[C@@H]1CCCN1C(=O)OC(C)(C)C. The molecule has 0 aliphatic carbocycles. The molecular formula is C16H27NO4. The van der Waals surface area contributed by atoms with Crippen LogP contribution in [0.25, 0.3) is 0 Å². The van der Waals surface area contributed by atoms with Crippen molar-refractivity contribution in [3.05, 3.63) is 12.7 Å². The lowest BCUT2D eigenvalue weighted by Gasteiger charge is -2.31. The number of carbonyl (C=O) groups is 2. The fourth-order valence-electron chi connectivity index (χ4n) is 2.60. The van der Waals surface area contributed by atoms with E-state index in [0.29, 0.717) is 19.6 Å². The minimum Gasteiger partial charge on any atom is -0.466 e. The van der Waals surface area contributed by atoms with Gasteiger partial charge in [0.2, 0.25) is 0 Å². The van der Waals surface area contributed by atoms with E-state index in [1.165, 1.54) is 0 Å². The summed E-state index contributed by atoms with van der Waals surface area (Å²) in [4.78, 5) is 26.1. The third kappa shape index (κ3) is 5.06. The average molecular weight is 297 g/mol. The van der Waals surface area contributed by atoms with Gasteiger partial charge in [0, 0.05) is 12.6 Å². The van der Waals surface area contributed by atoms with Gasteiger partial charge < -0.3 is 14.4 Å². The lowest BCUT2D eigenvalue weighted by molar-refractivity contribution is -0.149. The number of hydrogen-bond donors (Lipinski definition) is 0. The number of allylic oxidation sites excluding steroid dienone is 1. The minimum atomic E-state index is -0.540. The van der Waals surface area contributed by atoms with E-state index in [1.807, 2.05) is 20.8 Å². The number of likely N-dealkylation sites (tertiary alicyclic amines) is 1. The summed E-state index contributed by atoms with van der Waals surface area (Å²) in [5.41, 5.74) is -0.540. The third-order valence-corrected chi connectivity index (χ3v) is 3.40. The molecule has 21 heavy (non-hydrogen) atoms. The van der Waals surface area contributed by atoms with E-state index in [-0.39, 0.29) is 24.0 Å². The van der Waals surface area contributed by atoms with Crippen LogP contribution in [0.3, 0.4) is 0 Å². The van der Waals surface area contributed by atoms with Gasteiger partial charge >= 0.3 is 12.1 Å². The molecule has 0 radical (unpaired) electrons. The Hall–Kier alpha value is -1.52. The summed E-state index contributed by atoms with van der Waals surface area (Å²) in [6, 6.07) is -0.170. The second-order valence-corrected chi connectivity index (χ2v) is 6.27. The van der Waals surface area contributed by atoms with E-state index >= 15 is 0 Å². The highest BCUT2D eigenvalue weighted by Crippen LogP contribution is 2.29. The molecule has 0 aromatic rings. The first-order valence-corrected chi connectivity index (χ1v) is 7.57. The number of carbonyl (C=O) groups excluding carboxylic acids is 2. The first-order chi connectivity index (χ1) is 9.80. The van der Waals surface area contributed by atoms with Crippen molar-refractivity contribution in [3.63, 3.8) is 0 Å². The van der Waals surface area contributed by atoms with Crippen molar-refractivity contribution in [2.75, 3.05) is 13.2 Å². The van der Waals surface area contributed by atoms with Crippen LogP contribution in [0.1, 0.15) is 47.0 Å². The number of hydrogen-bond acceptors (Lipinski definition) is 4. The zero-order chi connectivity index (χ0) is 16.0. The van der Waals surface area contributed by atoms with E-state index < -0.39 is 5.60 Å². The number of rotatable bonds is 5. The largest absolute Gasteiger partial charge is 0.466 e. The van der Waals surface area contributed by atoms with Gasteiger partial charge in [-0.25, -0.2) is 4.79 Å². The van der Waals surface area contributed by atoms with Crippen molar-refractivity contribution in [2.45, 2.75) is 58.6 Å². The molecule has 1 amide bonds. The fraction of sp³-hybridized carbons (Fsp3) is 0.750. The molecule has 1 aliphatic heterocycles. The standard InChI is InChI=1S/C16H27NO4/c1-6-9-12(14(18)20-7-2)13-10-8-11-17(13)15(19)21-16(3,4)5/h6,12-13H,1,7-11H2,2-5H3/t12-,13-/m0/s1. The molecule has 1 heterocycles. The zero-order valence-electron chi connectivity index (χ0n) is 13.6. The number of ether oxygens (including phenoxy) is 2. The third-order valence-electron chi connectivity index (χ3n) is 3.40. The highest BCUT2D eigenvalue weighted by Gasteiger charge is 2.40. The normalized spacial score (nSPS) is 20.0. The Bertz CT molecular complexity index is 386. The maximum atomic E-state index is 12.3. The highest BCUT2D eigenvalue weighted by molar-refractivity contribution is 5.76. The molecule has 1 fully saturated rings. The topological polar surface area (TPSA) is 55.8 Å². The van der Waals surface area contributed by atoms with Gasteiger partial charge in [-0.2, -0.15) is 0 Å². The van der Waals surface area contributed by atoms with E-state index in [9.17, 15) is 9.59 Å². The van der Waals surface area contributed by atoms with Gasteiger partial charge in [0.25, 0.3) is 0 Å². The van der Waals surface area contributed by atoms with Crippen LogP contribution in [0.5, 0.6) is 0 Å². The Labute approximate surface area is 127 Å². The molecule has 0 aromatic heterocycles. The Balaban J connectivity index is 2.83. The van der Waals surface area contributed by atoms with E-state index in [1.54, 1.807) is 17.9 Å². The van der Waals surface area contributed by atoms with Crippen LogP contribution in [-0.4, -0.2) is 41.8 Å². The van der Waals surface area contributed by atoms with Crippen molar-refractivity contribution in [2.24, 2.45) is 5.92 Å². The zero-order valence-corrected chi connectivity index (χ0v) is 13.6. The summed E-state index contributed by atoms with van der Waals surface area (Å²) in [7, 11) is 0. The number of amides is 1. The predicted molar refractivity (Wildman–Crippen MR) is 80.9 cm³/mol. The lowest BCUT2D eigenvalue weighted by atomic mass is 9.94. The smallest absolute Gasteiger partial charge is 0.410 e. The summed E-state index contributed by atoms with van der Waals surface area (Å²) in [6.45, 7) is 11.9. The molecule has 0 spiro atoms. The fourth-order valence-corrected chi connectivity index (χ4v) is 2.60. The van der Waals surface area contributed by atoms with Crippen LogP contribution in [-0.2, 0) is 14.3 Å². The van der Waals surface area contributed by atoms with Crippen molar-refractivity contribution < 1.29 is 19.1 Å². The van der Waals surface area contributed by atoms with E-state index in [2.05, 4.69) is 6.58 Å². The number of nitrogens with zero attached hydrogens (tertiary/aromatic N) is 1. The molecule has 1 aliphatic rings. The summed E-state index contributed by atoms with van der Waals surface area (Å²) in [5.74, 6) is -0.629. The van der Waals surface area contributed by atoms with E-state index in [4.69, 9.17) is 9.47 Å². The van der Waals surface area contributed by atoms with E-state index in [0.717, 1.165) is 12.8 Å². The van der Waals surface area contributed by atoms with Crippen LogP contribution in [0.2, 0.25) is 0 Å². The van der Waals surface area contributed by atoms with Gasteiger partial charge in [0.05, 0.1) is 12.5 Å². The monoisotopic (exact) mass is 297 g/mol. The Morgan fingerprint density at radius 1 is 1.43 bits per heavy atom. The van der Waals surface area contributed by atoms with Crippen LogP contribution >= 0.6 is 0 Å². The first kappa shape index (κ1) is 17.5. The summed E-state index contributed by atoms with van der Waals surface area (Å²) >= 11 is 0. The molecule has 0 saturated carbocycles. The van der Waals surface area contributed by atoms with Crippen LogP contribution < -0.4 is 0 Å². The summed E-state index contributed by atoms with van der Waals surface area (Å²) in [6.07, 6.45) is 3.51. The maximum Gasteiger partial charge on any atom is 0.410 e. The Morgan fingerprint density at radius 3 is 2.62 bits per heavy atom. The Morgan fingerprint density at radius 2 is 2.10 bits per heavy atom. The van der Waals surface area contributed by atoms with Gasteiger partial charge in [-0.05, 0) is 47.0 Å². The molecule has 2 atom stereocenters. The predicted octanol–water partition coefficient (Wildman–Crippen LogP) is 3.14. The molecule has 0 bridgehead atoms. The molecular weight excluding hydrogens is 270 g/mol. The Kier molecular flexibility index (Phi) is 6.24. The highest BCUT2D eigenvalue weighted by atomic mass is 16.6. The lowest BCUT2D eigenvalue weighted by Crippen LogP contribution is -2.45. The second-order valence-electron chi connectivity index (χ2n) is 6.27. The molecule has 5 heteroatoms. The first-order valence-electron chi connectivity index (χ1n) is 7.57. The molecule has 5 nitrogen and oxygen atoms in total. The molecule has 0 N–H and O–H groups in total. The van der Waals surface area contributed by atoms with Crippen LogP contribution in [0, 0.1) is 5.92 Å². The van der Waals surface area contributed by atoms with Gasteiger partial charge in [-0.3, -0.25) is 4.79 Å². The van der Waals surface area contributed by atoms with Crippen molar-refractivity contribution >= 4 is 12.1 Å². The molecule has 120 valence electrons. The molecule has 0 unspecified atom stereocenters. The number of esters is 1.